The fourth-order valence-corrected chi connectivity index (χ4v) is 3.96. The van der Waals surface area contributed by atoms with Gasteiger partial charge in [-0.1, -0.05) is 24.1 Å². The molecular weight excluding hydrogens is 366 g/mol. The molecule has 3 aromatic rings. The molecule has 0 bridgehead atoms. The first-order valence-corrected chi connectivity index (χ1v) is 10.1. The van der Waals surface area contributed by atoms with E-state index in [1.807, 2.05) is 36.5 Å². The van der Waals surface area contributed by atoms with E-state index in [4.69, 9.17) is 14.0 Å². The second-order valence-electron chi connectivity index (χ2n) is 7.34. The number of methoxy groups -OCH3 is 2. The Morgan fingerprint density at radius 3 is 2.72 bits per heavy atom. The maximum atomic E-state index is 5.73. The Balaban J connectivity index is 1.59. The van der Waals surface area contributed by atoms with Crippen LogP contribution >= 0.6 is 0 Å². The number of rotatable bonds is 6. The lowest BCUT2D eigenvalue weighted by atomic mass is 10.0. The van der Waals surface area contributed by atoms with Gasteiger partial charge >= 0.3 is 0 Å². The molecule has 0 amide bonds. The smallest absolute Gasteiger partial charge is 0.167 e. The van der Waals surface area contributed by atoms with Crippen molar-refractivity contribution in [1.82, 2.24) is 15.0 Å². The standard InChI is InChI=1S/C23H27N3O3/c1-27-21-11-10-17(14-23(21)28-2)22-15-19(25-29-22)20-9-4-3-7-13-26(20)16-18-8-5-6-12-24-18/h5-6,8,10-12,14-15,20H,3-4,7,9,13,16H2,1-2H3/t20-/m1/s1. The zero-order chi connectivity index (χ0) is 20.1. The minimum absolute atomic E-state index is 0.233. The van der Waals surface area contributed by atoms with Gasteiger partial charge in [0.05, 0.1) is 26.0 Å². The lowest BCUT2D eigenvalue weighted by Crippen LogP contribution is -2.28. The molecule has 0 aliphatic carbocycles. The highest BCUT2D eigenvalue weighted by Gasteiger charge is 2.26. The van der Waals surface area contributed by atoms with Crippen LogP contribution in [0, 0.1) is 0 Å². The Morgan fingerprint density at radius 2 is 1.93 bits per heavy atom. The minimum atomic E-state index is 0.233. The van der Waals surface area contributed by atoms with E-state index in [2.05, 4.69) is 27.2 Å². The maximum Gasteiger partial charge on any atom is 0.167 e. The average molecular weight is 393 g/mol. The second-order valence-corrected chi connectivity index (χ2v) is 7.34. The van der Waals surface area contributed by atoms with Crippen LogP contribution < -0.4 is 9.47 Å². The van der Waals surface area contributed by atoms with E-state index in [9.17, 15) is 0 Å². The van der Waals surface area contributed by atoms with Gasteiger partial charge in [0.1, 0.15) is 5.69 Å². The molecule has 0 N–H and O–H groups in total. The summed E-state index contributed by atoms with van der Waals surface area (Å²) >= 11 is 0. The van der Waals surface area contributed by atoms with Crippen molar-refractivity contribution in [2.45, 2.75) is 38.3 Å². The van der Waals surface area contributed by atoms with E-state index in [0.29, 0.717) is 11.5 Å². The van der Waals surface area contributed by atoms with Crippen LogP contribution in [0.15, 0.2) is 53.2 Å². The van der Waals surface area contributed by atoms with Crippen LogP contribution in [0.1, 0.15) is 43.1 Å². The summed E-state index contributed by atoms with van der Waals surface area (Å²) in [4.78, 5) is 6.99. The number of aromatic nitrogens is 2. The first kappa shape index (κ1) is 19.5. The molecule has 6 heteroatoms. The number of nitrogens with zero attached hydrogens (tertiary/aromatic N) is 3. The Morgan fingerprint density at radius 1 is 1.03 bits per heavy atom. The third-order valence-electron chi connectivity index (χ3n) is 5.49. The first-order chi connectivity index (χ1) is 14.3. The molecule has 0 spiro atoms. The van der Waals surface area contributed by atoms with Crippen molar-refractivity contribution in [3.8, 4) is 22.8 Å². The third kappa shape index (κ3) is 4.43. The van der Waals surface area contributed by atoms with Crippen LogP contribution in [0.5, 0.6) is 11.5 Å². The minimum Gasteiger partial charge on any atom is -0.493 e. The van der Waals surface area contributed by atoms with Gasteiger partial charge in [-0.05, 0) is 49.7 Å². The van der Waals surface area contributed by atoms with Crippen molar-refractivity contribution in [3.05, 3.63) is 60.0 Å². The number of benzene rings is 1. The zero-order valence-corrected chi connectivity index (χ0v) is 17.0. The molecule has 0 radical (unpaired) electrons. The molecule has 29 heavy (non-hydrogen) atoms. The summed E-state index contributed by atoms with van der Waals surface area (Å²) in [6.07, 6.45) is 6.57. The van der Waals surface area contributed by atoms with Crippen LogP contribution in [-0.4, -0.2) is 35.8 Å². The van der Waals surface area contributed by atoms with Gasteiger partial charge in [0.25, 0.3) is 0 Å². The van der Waals surface area contributed by atoms with Crippen molar-refractivity contribution in [3.63, 3.8) is 0 Å². The Kier molecular flexibility index (Phi) is 6.10. The summed E-state index contributed by atoms with van der Waals surface area (Å²) < 4.78 is 16.5. The molecule has 4 rings (SSSR count). The van der Waals surface area contributed by atoms with E-state index in [1.165, 1.54) is 19.3 Å². The molecule has 1 aromatic carbocycles. The Hall–Kier alpha value is -2.86. The fraction of sp³-hybridized carbons (Fsp3) is 0.391. The second kappa shape index (κ2) is 9.09. The summed E-state index contributed by atoms with van der Waals surface area (Å²) in [6.45, 7) is 1.86. The molecule has 1 aliphatic heterocycles. The predicted molar refractivity (Wildman–Crippen MR) is 111 cm³/mol. The van der Waals surface area contributed by atoms with Gasteiger partial charge in [-0.15, -0.1) is 0 Å². The van der Waals surface area contributed by atoms with Crippen molar-refractivity contribution in [2.75, 3.05) is 20.8 Å². The van der Waals surface area contributed by atoms with E-state index in [0.717, 1.165) is 42.2 Å². The zero-order valence-electron chi connectivity index (χ0n) is 17.0. The molecule has 2 aromatic heterocycles. The largest absolute Gasteiger partial charge is 0.493 e. The van der Waals surface area contributed by atoms with Gasteiger partial charge in [-0.3, -0.25) is 9.88 Å². The maximum absolute atomic E-state index is 5.73. The lowest BCUT2D eigenvalue weighted by molar-refractivity contribution is 0.182. The molecule has 1 atom stereocenters. The summed E-state index contributed by atoms with van der Waals surface area (Å²) in [7, 11) is 3.26. The molecule has 0 unspecified atom stereocenters. The van der Waals surface area contributed by atoms with Gasteiger partial charge in [0.15, 0.2) is 17.3 Å². The van der Waals surface area contributed by atoms with Gasteiger partial charge in [0, 0.05) is 24.4 Å². The van der Waals surface area contributed by atoms with E-state index < -0.39 is 0 Å². The van der Waals surface area contributed by atoms with Crippen LogP contribution in [0.25, 0.3) is 11.3 Å². The summed E-state index contributed by atoms with van der Waals surface area (Å²) in [5.74, 6) is 2.11. The van der Waals surface area contributed by atoms with Crippen molar-refractivity contribution >= 4 is 0 Å². The van der Waals surface area contributed by atoms with Gasteiger partial charge < -0.3 is 14.0 Å². The van der Waals surface area contributed by atoms with Crippen LogP contribution in [0.4, 0.5) is 0 Å². The monoisotopic (exact) mass is 393 g/mol. The summed E-state index contributed by atoms with van der Waals surface area (Å²) in [5, 5.41) is 4.44. The van der Waals surface area contributed by atoms with Crippen LogP contribution in [-0.2, 0) is 6.54 Å². The Bertz CT molecular complexity index is 926. The number of pyridine rings is 1. The third-order valence-corrected chi connectivity index (χ3v) is 5.49. The topological polar surface area (TPSA) is 60.6 Å². The number of hydrogen-bond acceptors (Lipinski definition) is 6. The number of likely N-dealkylation sites (tertiary alicyclic amines) is 1. The average Bonchev–Trinajstić information content (AvgIpc) is 3.14. The first-order valence-electron chi connectivity index (χ1n) is 10.1. The highest BCUT2D eigenvalue weighted by molar-refractivity contribution is 5.62. The highest BCUT2D eigenvalue weighted by Crippen LogP contribution is 2.35. The van der Waals surface area contributed by atoms with Gasteiger partial charge in [0.2, 0.25) is 0 Å². The quantitative estimate of drug-likeness (QED) is 0.595. The normalized spacial score (nSPS) is 17.7. The van der Waals surface area contributed by atoms with Crippen LogP contribution in [0.3, 0.4) is 0 Å². The summed E-state index contributed by atoms with van der Waals surface area (Å²) in [5.41, 5.74) is 2.99. The highest BCUT2D eigenvalue weighted by atomic mass is 16.5. The van der Waals surface area contributed by atoms with E-state index in [1.54, 1.807) is 14.2 Å². The van der Waals surface area contributed by atoms with E-state index >= 15 is 0 Å². The molecule has 3 heterocycles. The lowest BCUT2D eigenvalue weighted by Gasteiger charge is -2.27. The van der Waals surface area contributed by atoms with Gasteiger partial charge in [-0.2, -0.15) is 0 Å². The fourth-order valence-electron chi connectivity index (χ4n) is 3.96. The molecular formula is C23H27N3O3. The SMILES string of the molecule is COc1ccc(-c2cc([C@H]3CCCCCN3Cc3ccccn3)no2)cc1OC. The molecule has 1 aliphatic rings. The Labute approximate surface area is 171 Å². The number of ether oxygens (including phenoxy) is 2. The molecule has 1 saturated heterocycles. The summed E-state index contributed by atoms with van der Waals surface area (Å²) in [6, 6.07) is 14.1. The molecule has 1 fully saturated rings. The predicted octanol–water partition coefficient (Wildman–Crippen LogP) is 4.87. The molecule has 0 saturated carbocycles. The van der Waals surface area contributed by atoms with E-state index in [-0.39, 0.29) is 6.04 Å². The van der Waals surface area contributed by atoms with Crippen LogP contribution in [0.2, 0.25) is 0 Å². The van der Waals surface area contributed by atoms with Gasteiger partial charge in [-0.25, -0.2) is 0 Å². The number of hydrogen-bond donors (Lipinski definition) is 0. The van der Waals surface area contributed by atoms with Crippen molar-refractivity contribution in [1.29, 1.82) is 0 Å². The van der Waals surface area contributed by atoms with Crippen molar-refractivity contribution in [2.24, 2.45) is 0 Å². The van der Waals surface area contributed by atoms with Crippen molar-refractivity contribution < 1.29 is 14.0 Å². The molecule has 6 nitrogen and oxygen atoms in total. The molecule has 152 valence electrons.